The standard InChI is InChI=1S/C19H26N2O4S/c1-13-8-10-20(11-9-13)19(23)17-6-7-18(22)21(17)26(24,25)16-5-4-14(2)15(3)12-16/h4-5,12-13,17H,6-11H2,1-3H3/t17-/m0/s1. The van der Waals surface area contributed by atoms with Gasteiger partial charge in [0.15, 0.2) is 0 Å². The number of likely N-dealkylation sites (tertiary alicyclic amines) is 1. The van der Waals surface area contributed by atoms with Crippen molar-refractivity contribution in [3.63, 3.8) is 0 Å². The number of carbonyl (C=O) groups is 2. The average molecular weight is 378 g/mol. The van der Waals surface area contributed by atoms with Crippen LogP contribution in [-0.2, 0) is 19.6 Å². The first-order valence-corrected chi connectivity index (χ1v) is 10.6. The zero-order valence-corrected chi connectivity index (χ0v) is 16.4. The highest BCUT2D eigenvalue weighted by molar-refractivity contribution is 7.89. The van der Waals surface area contributed by atoms with Gasteiger partial charge in [0.1, 0.15) is 6.04 Å². The Labute approximate surface area is 155 Å². The maximum atomic E-state index is 13.1. The Morgan fingerprint density at radius 2 is 1.73 bits per heavy atom. The van der Waals surface area contributed by atoms with Gasteiger partial charge < -0.3 is 4.90 Å². The van der Waals surface area contributed by atoms with Gasteiger partial charge in [-0.05, 0) is 62.3 Å². The molecule has 2 heterocycles. The Balaban J connectivity index is 1.89. The van der Waals surface area contributed by atoms with Crippen LogP contribution in [0.25, 0.3) is 0 Å². The van der Waals surface area contributed by atoms with E-state index >= 15 is 0 Å². The van der Waals surface area contributed by atoms with Crippen molar-refractivity contribution in [2.45, 2.75) is 57.4 Å². The Hall–Kier alpha value is -1.89. The number of aryl methyl sites for hydroxylation is 2. The van der Waals surface area contributed by atoms with Crippen LogP contribution in [0.15, 0.2) is 23.1 Å². The molecule has 0 saturated carbocycles. The van der Waals surface area contributed by atoms with Crippen molar-refractivity contribution in [1.29, 1.82) is 0 Å². The number of hydrogen-bond donors (Lipinski definition) is 0. The fourth-order valence-electron chi connectivity index (χ4n) is 3.61. The van der Waals surface area contributed by atoms with Gasteiger partial charge >= 0.3 is 0 Å². The van der Waals surface area contributed by atoms with Crippen LogP contribution in [0.3, 0.4) is 0 Å². The number of piperidine rings is 1. The van der Waals surface area contributed by atoms with Gasteiger partial charge in [-0.3, -0.25) is 9.59 Å². The molecule has 1 aromatic carbocycles. The van der Waals surface area contributed by atoms with Gasteiger partial charge in [-0.15, -0.1) is 0 Å². The predicted molar refractivity (Wildman–Crippen MR) is 97.9 cm³/mol. The van der Waals surface area contributed by atoms with Crippen LogP contribution in [0.2, 0.25) is 0 Å². The maximum Gasteiger partial charge on any atom is 0.267 e. The molecule has 0 N–H and O–H groups in total. The zero-order valence-electron chi connectivity index (χ0n) is 15.6. The Morgan fingerprint density at radius 3 is 2.35 bits per heavy atom. The minimum absolute atomic E-state index is 0.0703. The molecule has 26 heavy (non-hydrogen) atoms. The Morgan fingerprint density at radius 1 is 1.08 bits per heavy atom. The largest absolute Gasteiger partial charge is 0.341 e. The van der Waals surface area contributed by atoms with Gasteiger partial charge in [-0.2, -0.15) is 0 Å². The monoisotopic (exact) mass is 378 g/mol. The summed E-state index contributed by atoms with van der Waals surface area (Å²) >= 11 is 0. The predicted octanol–water partition coefficient (Wildman–Crippen LogP) is 2.24. The first-order valence-electron chi connectivity index (χ1n) is 9.15. The molecule has 0 unspecified atom stereocenters. The highest BCUT2D eigenvalue weighted by atomic mass is 32.2. The molecule has 2 aliphatic rings. The van der Waals surface area contributed by atoms with E-state index in [1.165, 1.54) is 6.07 Å². The molecule has 2 saturated heterocycles. The lowest BCUT2D eigenvalue weighted by atomic mass is 9.98. The molecule has 0 bridgehead atoms. The smallest absolute Gasteiger partial charge is 0.267 e. The van der Waals surface area contributed by atoms with Gasteiger partial charge in [-0.1, -0.05) is 13.0 Å². The van der Waals surface area contributed by atoms with Gasteiger partial charge in [0, 0.05) is 19.5 Å². The summed E-state index contributed by atoms with van der Waals surface area (Å²) in [5, 5.41) is 0. The van der Waals surface area contributed by atoms with E-state index in [4.69, 9.17) is 0 Å². The number of carbonyl (C=O) groups excluding carboxylic acids is 2. The van der Waals surface area contributed by atoms with Crippen LogP contribution >= 0.6 is 0 Å². The lowest BCUT2D eigenvalue weighted by Crippen LogP contribution is -2.50. The minimum atomic E-state index is -4.03. The van der Waals surface area contributed by atoms with Gasteiger partial charge in [0.2, 0.25) is 11.8 Å². The van der Waals surface area contributed by atoms with E-state index in [0.717, 1.165) is 28.3 Å². The lowest BCUT2D eigenvalue weighted by molar-refractivity contribution is -0.138. The summed E-state index contributed by atoms with van der Waals surface area (Å²) in [5.74, 6) is -0.165. The van der Waals surface area contributed by atoms with Crippen LogP contribution in [-0.4, -0.2) is 48.6 Å². The van der Waals surface area contributed by atoms with Crippen LogP contribution < -0.4 is 0 Å². The molecular formula is C19H26N2O4S. The van der Waals surface area contributed by atoms with E-state index < -0.39 is 22.0 Å². The highest BCUT2D eigenvalue weighted by Crippen LogP contribution is 2.30. The number of rotatable bonds is 3. The first kappa shape index (κ1) is 18.9. The second-order valence-electron chi connectivity index (χ2n) is 7.50. The third kappa shape index (κ3) is 3.37. The third-order valence-electron chi connectivity index (χ3n) is 5.58. The maximum absolute atomic E-state index is 13.1. The fraction of sp³-hybridized carbons (Fsp3) is 0.579. The van der Waals surface area contributed by atoms with Gasteiger partial charge in [-0.25, -0.2) is 12.7 Å². The molecule has 0 aliphatic carbocycles. The van der Waals surface area contributed by atoms with E-state index in [1.54, 1.807) is 17.0 Å². The van der Waals surface area contributed by atoms with E-state index in [0.29, 0.717) is 19.0 Å². The molecule has 2 fully saturated rings. The Bertz CT molecular complexity index is 826. The van der Waals surface area contributed by atoms with Gasteiger partial charge in [0.05, 0.1) is 4.90 Å². The third-order valence-corrected chi connectivity index (χ3v) is 7.40. The lowest BCUT2D eigenvalue weighted by Gasteiger charge is -2.34. The van der Waals surface area contributed by atoms with Crippen LogP contribution in [0, 0.1) is 19.8 Å². The van der Waals surface area contributed by atoms with Crippen molar-refractivity contribution in [3.05, 3.63) is 29.3 Å². The number of benzene rings is 1. The molecule has 6 nitrogen and oxygen atoms in total. The van der Waals surface area contributed by atoms with Crippen LogP contribution in [0.4, 0.5) is 0 Å². The number of amides is 2. The molecule has 0 aromatic heterocycles. The van der Waals surface area contributed by atoms with E-state index in [-0.39, 0.29) is 23.6 Å². The topological polar surface area (TPSA) is 74.8 Å². The molecule has 0 radical (unpaired) electrons. The minimum Gasteiger partial charge on any atom is -0.341 e. The summed E-state index contributed by atoms with van der Waals surface area (Å²) in [6, 6.07) is 3.89. The van der Waals surface area contributed by atoms with Gasteiger partial charge in [0.25, 0.3) is 10.0 Å². The normalized spacial score (nSPS) is 22.1. The highest BCUT2D eigenvalue weighted by Gasteiger charge is 2.45. The summed E-state index contributed by atoms with van der Waals surface area (Å²) in [5.41, 5.74) is 1.82. The van der Waals surface area contributed by atoms with Crippen LogP contribution in [0.1, 0.15) is 43.7 Å². The molecule has 2 aliphatic heterocycles. The summed E-state index contributed by atoms with van der Waals surface area (Å²) in [6.07, 6.45) is 2.17. The molecule has 7 heteroatoms. The Kier molecular flexibility index (Phi) is 5.10. The van der Waals surface area contributed by atoms with Crippen molar-refractivity contribution in [3.8, 4) is 0 Å². The van der Waals surface area contributed by atoms with E-state index in [1.807, 2.05) is 13.8 Å². The number of hydrogen-bond acceptors (Lipinski definition) is 4. The molecule has 1 aromatic rings. The summed E-state index contributed by atoms with van der Waals surface area (Å²) in [7, 11) is -4.03. The first-order chi connectivity index (χ1) is 12.2. The van der Waals surface area contributed by atoms with Crippen molar-refractivity contribution in [2.75, 3.05) is 13.1 Å². The molecule has 1 atom stereocenters. The van der Waals surface area contributed by atoms with Crippen LogP contribution in [0.5, 0.6) is 0 Å². The quantitative estimate of drug-likeness (QED) is 0.808. The molecule has 142 valence electrons. The van der Waals surface area contributed by atoms with Crippen molar-refractivity contribution in [2.24, 2.45) is 5.92 Å². The van der Waals surface area contributed by atoms with Crippen molar-refractivity contribution >= 4 is 21.8 Å². The fourth-order valence-corrected chi connectivity index (χ4v) is 5.30. The molecule has 3 rings (SSSR count). The zero-order chi connectivity index (χ0) is 19.1. The van der Waals surface area contributed by atoms with E-state index in [9.17, 15) is 18.0 Å². The number of sulfonamides is 1. The summed E-state index contributed by atoms with van der Waals surface area (Å²) in [4.78, 5) is 27.1. The summed E-state index contributed by atoms with van der Waals surface area (Å²) < 4.78 is 27.0. The molecule has 2 amide bonds. The second kappa shape index (κ2) is 7.02. The number of nitrogens with zero attached hydrogens (tertiary/aromatic N) is 2. The average Bonchev–Trinajstić information content (AvgIpc) is 2.99. The SMILES string of the molecule is Cc1ccc(S(=O)(=O)N2C(=O)CC[C@H]2C(=O)N2CCC(C)CC2)cc1C. The molecular weight excluding hydrogens is 352 g/mol. The van der Waals surface area contributed by atoms with Crippen molar-refractivity contribution in [1.82, 2.24) is 9.21 Å². The van der Waals surface area contributed by atoms with E-state index in [2.05, 4.69) is 6.92 Å². The summed E-state index contributed by atoms with van der Waals surface area (Å²) in [6.45, 7) is 7.13. The second-order valence-corrected chi connectivity index (χ2v) is 9.32. The molecule has 0 spiro atoms. The van der Waals surface area contributed by atoms with Crippen molar-refractivity contribution < 1.29 is 18.0 Å².